The van der Waals surface area contributed by atoms with E-state index in [1.54, 1.807) is 0 Å². The fourth-order valence-corrected chi connectivity index (χ4v) is 2.51. The molecule has 0 aliphatic carbocycles. The van der Waals surface area contributed by atoms with Gasteiger partial charge in [0.05, 0.1) is 6.54 Å². The van der Waals surface area contributed by atoms with Crippen LogP contribution >= 0.6 is 0 Å². The molecule has 9 nitrogen and oxygen atoms in total. The summed E-state index contributed by atoms with van der Waals surface area (Å²) in [6, 6.07) is 0. The van der Waals surface area contributed by atoms with E-state index >= 15 is 0 Å². The Morgan fingerprint density at radius 1 is 0.738 bits per heavy atom. The number of unbranched alkanes of at least 4 members (excludes halogenated alkanes) is 1. The van der Waals surface area contributed by atoms with Crippen LogP contribution in [0, 0.1) is 23.7 Å². The Bertz CT molecular complexity index is 531. The van der Waals surface area contributed by atoms with E-state index in [4.69, 9.17) is 31.4 Å². The van der Waals surface area contributed by atoms with E-state index in [1.807, 2.05) is 13.8 Å². The summed E-state index contributed by atoms with van der Waals surface area (Å²) in [4.78, 5) is 12.9. The van der Waals surface area contributed by atoms with Gasteiger partial charge in [0.25, 0.3) is 5.92 Å². The molecular weight excluding hydrogens is 544 g/mol. The number of carbonyl (C=O) groups is 1. The summed E-state index contributed by atoms with van der Waals surface area (Å²) in [5, 5.41) is 2.76. The highest BCUT2D eigenvalue weighted by molar-refractivity contribution is 5.75. The van der Waals surface area contributed by atoms with Crippen molar-refractivity contribution in [2.45, 2.75) is 87.0 Å². The molecule has 1 amide bonds. The largest absolute Gasteiger partial charge is 0.381 e. The van der Waals surface area contributed by atoms with E-state index in [0.717, 1.165) is 65.3 Å². The van der Waals surface area contributed by atoms with E-state index < -0.39 is 19.1 Å². The number of nitrogens with two attached hydrogens (primary N) is 3. The molecule has 0 saturated carbocycles. The first-order chi connectivity index (χ1) is 19.5. The number of nitrogens with one attached hydrogen (secondary N) is 1. The fraction of sp³-hybridized carbons (Fsp3) is 0.968. The minimum absolute atomic E-state index is 0.0520. The summed E-state index contributed by atoms with van der Waals surface area (Å²) in [6.45, 7) is 22.4. The highest BCUT2D eigenvalue weighted by Gasteiger charge is 2.26. The molecule has 258 valence electrons. The molecule has 0 unspecified atom stereocenters. The maximum absolute atomic E-state index is 12.4. The second kappa shape index (κ2) is 34.5. The van der Waals surface area contributed by atoms with E-state index in [-0.39, 0.29) is 11.8 Å². The van der Waals surface area contributed by atoms with Crippen LogP contribution in [0.4, 0.5) is 8.78 Å². The minimum Gasteiger partial charge on any atom is -0.381 e. The van der Waals surface area contributed by atoms with Crippen LogP contribution < -0.4 is 22.5 Å². The van der Waals surface area contributed by atoms with Gasteiger partial charge in [-0.15, -0.1) is 0 Å². The third-order valence-electron chi connectivity index (χ3n) is 4.68. The van der Waals surface area contributed by atoms with Crippen LogP contribution in [0.25, 0.3) is 0 Å². The van der Waals surface area contributed by atoms with Gasteiger partial charge in [-0.1, -0.05) is 55.4 Å². The molecular formula is C31H71F2N5O4. The maximum atomic E-state index is 12.4. The molecule has 0 spiro atoms. The van der Waals surface area contributed by atoms with Crippen LogP contribution in [0.5, 0.6) is 0 Å². The molecule has 42 heavy (non-hydrogen) atoms. The van der Waals surface area contributed by atoms with Crippen LogP contribution in [0.15, 0.2) is 0 Å². The standard InChI is InChI=1S/C9H21NO.C8H19NO.C7H15F2NO.C7H16N2O/c1-9(2)8-11-7-5-6-10(3)4;1-8(2)7-10-6-4-3-5-9;1-6(2)3-11-5-7(8,9)4-10;1-6(2)5-9-7(10)3-4-8/h9H,5-8H2,1-4H3;8H,3-7,9H2,1-2H3;6H,3-5,10H2,1-2H3;6H,3-5,8H2,1-2H3,(H,9,10). The first-order valence-electron chi connectivity index (χ1n) is 15.7. The summed E-state index contributed by atoms with van der Waals surface area (Å²) in [7, 11) is 4.17. The molecule has 0 bridgehead atoms. The van der Waals surface area contributed by atoms with Crippen molar-refractivity contribution in [1.82, 2.24) is 10.2 Å². The molecule has 0 fully saturated rings. The molecule has 0 heterocycles. The van der Waals surface area contributed by atoms with E-state index in [2.05, 4.69) is 65.9 Å². The number of hydrogen-bond acceptors (Lipinski definition) is 8. The van der Waals surface area contributed by atoms with Crippen molar-refractivity contribution < 1.29 is 27.8 Å². The average Bonchev–Trinajstić information content (AvgIpc) is 2.87. The van der Waals surface area contributed by atoms with Gasteiger partial charge in [-0.25, -0.2) is 8.78 Å². The van der Waals surface area contributed by atoms with Crippen LogP contribution in [0.3, 0.4) is 0 Å². The van der Waals surface area contributed by atoms with Gasteiger partial charge in [0.1, 0.15) is 6.61 Å². The van der Waals surface area contributed by atoms with Crippen molar-refractivity contribution in [3.8, 4) is 0 Å². The Hall–Kier alpha value is -0.950. The summed E-state index contributed by atoms with van der Waals surface area (Å²) >= 11 is 0. The summed E-state index contributed by atoms with van der Waals surface area (Å²) in [6.07, 6.45) is 3.76. The van der Waals surface area contributed by atoms with Gasteiger partial charge < -0.3 is 41.6 Å². The van der Waals surface area contributed by atoms with E-state index in [9.17, 15) is 13.6 Å². The van der Waals surface area contributed by atoms with Gasteiger partial charge in [0.2, 0.25) is 5.91 Å². The summed E-state index contributed by atoms with van der Waals surface area (Å²) in [5.41, 5.74) is 15.3. The van der Waals surface area contributed by atoms with Crippen LogP contribution in [0.1, 0.15) is 81.1 Å². The van der Waals surface area contributed by atoms with E-state index in [0.29, 0.717) is 37.3 Å². The SMILES string of the molecule is CC(C)CNC(=O)CCN.CC(C)COCC(F)(F)CN.CC(C)COCCCCN.CC(C)COCCCN(C)C. The van der Waals surface area contributed by atoms with Crippen molar-refractivity contribution in [2.75, 3.05) is 86.5 Å². The van der Waals surface area contributed by atoms with Crippen molar-refractivity contribution in [3.05, 3.63) is 0 Å². The Kier molecular flexibility index (Phi) is 39.4. The van der Waals surface area contributed by atoms with Crippen molar-refractivity contribution in [2.24, 2.45) is 40.9 Å². The monoisotopic (exact) mass is 616 g/mol. The normalized spacial score (nSPS) is 11.2. The zero-order valence-corrected chi connectivity index (χ0v) is 29.0. The lowest BCUT2D eigenvalue weighted by Crippen LogP contribution is -2.33. The fourth-order valence-electron chi connectivity index (χ4n) is 2.51. The average molecular weight is 616 g/mol. The predicted molar refractivity (Wildman–Crippen MR) is 174 cm³/mol. The molecule has 0 atom stereocenters. The summed E-state index contributed by atoms with van der Waals surface area (Å²) in [5.74, 6) is -0.705. The Labute approximate surface area is 258 Å². The number of ether oxygens (including phenoxy) is 3. The van der Waals surface area contributed by atoms with Gasteiger partial charge in [-0.05, 0) is 70.1 Å². The van der Waals surface area contributed by atoms with Gasteiger partial charge >= 0.3 is 0 Å². The van der Waals surface area contributed by atoms with Crippen molar-refractivity contribution in [3.63, 3.8) is 0 Å². The Morgan fingerprint density at radius 3 is 1.60 bits per heavy atom. The maximum Gasteiger partial charge on any atom is 0.282 e. The zero-order chi connectivity index (χ0) is 33.4. The molecule has 0 aliphatic heterocycles. The third-order valence-corrected chi connectivity index (χ3v) is 4.68. The minimum atomic E-state index is -2.87. The number of halogens is 2. The second-order valence-electron chi connectivity index (χ2n) is 12.3. The Balaban J connectivity index is -0.000000229. The lowest BCUT2D eigenvalue weighted by Gasteiger charge is -2.14. The highest BCUT2D eigenvalue weighted by Crippen LogP contribution is 2.11. The topological polar surface area (TPSA) is 138 Å². The number of carbonyl (C=O) groups excluding carboxylic acids is 1. The van der Waals surface area contributed by atoms with Crippen molar-refractivity contribution >= 4 is 5.91 Å². The molecule has 0 saturated heterocycles. The van der Waals surface area contributed by atoms with Gasteiger partial charge in [-0.3, -0.25) is 4.79 Å². The molecule has 11 heteroatoms. The summed E-state index contributed by atoms with van der Waals surface area (Å²) < 4.78 is 40.2. The van der Waals surface area contributed by atoms with E-state index in [1.165, 1.54) is 0 Å². The van der Waals surface area contributed by atoms with Crippen LogP contribution in [-0.4, -0.2) is 103 Å². The Morgan fingerprint density at radius 2 is 1.21 bits per heavy atom. The first kappa shape index (κ1) is 48.0. The lowest BCUT2D eigenvalue weighted by molar-refractivity contribution is -0.121. The van der Waals surface area contributed by atoms with Crippen LogP contribution in [0.2, 0.25) is 0 Å². The van der Waals surface area contributed by atoms with Gasteiger partial charge in [-0.2, -0.15) is 0 Å². The molecule has 0 aromatic carbocycles. The lowest BCUT2D eigenvalue weighted by atomic mass is 10.2. The number of amides is 1. The van der Waals surface area contributed by atoms with Crippen LogP contribution in [-0.2, 0) is 19.0 Å². The first-order valence-corrected chi connectivity index (χ1v) is 15.7. The zero-order valence-electron chi connectivity index (χ0n) is 29.0. The smallest absolute Gasteiger partial charge is 0.282 e. The number of nitrogens with zero attached hydrogens (tertiary/aromatic N) is 1. The van der Waals surface area contributed by atoms with Gasteiger partial charge in [0, 0.05) is 52.5 Å². The van der Waals surface area contributed by atoms with Crippen molar-refractivity contribution in [1.29, 1.82) is 0 Å². The molecule has 0 radical (unpaired) electrons. The molecule has 0 aliphatic rings. The second-order valence-corrected chi connectivity index (χ2v) is 12.3. The molecule has 0 aromatic rings. The molecule has 0 rings (SSSR count). The number of alkyl halides is 2. The highest BCUT2D eigenvalue weighted by atomic mass is 19.3. The number of rotatable bonds is 21. The number of hydrogen-bond donors (Lipinski definition) is 4. The third kappa shape index (κ3) is 55.0. The quantitative estimate of drug-likeness (QED) is 0.140. The van der Waals surface area contributed by atoms with Gasteiger partial charge in [0.15, 0.2) is 0 Å². The predicted octanol–water partition coefficient (Wildman–Crippen LogP) is 4.37. The molecule has 7 N–H and O–H groups in total. The molecule has 0 aromatic heterocycles.